The molecule has 2 heterocycles. The van der Waals surface area contributed by atoms with E-state index in [0.717, 1.165) is 30.4 Å². The van der Waals surface area contributed by atoms with Crippen LogP contribution in [0.4, 0.5) is 11.6 Å². The van der Waals surface area contributed by atoms with Crippen molar-refractivity contribution in [3.63, 3.8) is 0 Å². The van der Waals surface area contributed by atoms with E-state index >= 15 is 0 Å². The van der Waals surface area contributed by atoms with Crippen molar-refractivity contribution in [1.29, 1.82) is 0 Å². The van der Waals surface area contributed by atoms with E-state index in [1.54, 1.807) is 0 Å². The molecular formula is C16H28N4. The van der Waals surface area contributed by atoms with Crippen molar-refractivity contribution >= 4 is 11.6 Å². The molecule has 4 heteroatoms. The number of nitrogens with zero attached hydrogens (tertiary/aromatic N) is 3. The summed E-state index contributed by atoms with van der Waals surface area (Å²) in [6.45, 7) is 11.9. The Kier molecular flexibility index (Phi) is 4.84. The van der Waals surface area contributed by atoms with Crippen molar-refractivity contribution in [2.75, 3.05) is 16.8 Å². The Bertz CT molecular complexity index is 458. The van der Waals surface area contributed by atoms with Gasteiger partial charge in [-0.1, -0.05) is 13.8 Å². The van der Waals surface area contributed by atoms with Gasteiger partial charge in [-0.2, -0.15) is 0 Å². The molecule has 0 saturated carbocycles. The normalized spacial score (nSPS) is 22.4. The third-order valence-electron chi connectivity index (χ3n) is 4.33. The molecule has 0 amide bonds. The highest BCUT2D eigenvalue weighted by Crippen LogP contribution is 2.34. The van der Waals surface area contributed by atoms with E-state index in [4.69, 9.17) is 4.98 Å². The predicted molar refractivity (Wildman–Crippen MR) is 85.6 cm³/mol. The molecule has 0 bridgehead atoms. The Morgan fingerprint density at radius 3 is 2.55 bits per heavy atom. The topological polar surface area (TPSA) is 41.1 Å². The maximum absolute atomic E-state index is 4.84. The van der Waals surface area contributed by atoms with Crippen LogP contribution in [0.5, 0.6) is 0 Å². The van der Waals surface area contributed by atoms with Crippen LogP contribution in [-0.2, 0) is 6.42 Å². The van der Waals surface area contributed by atoms with Crippen LogP contribution < -0.4 is 10.2 Å². The van der Waals surface area contributed by atoms with Crippen molar-refractivity contribution in [2.45, 2.75) is 72.4 Å². The quantitative estimate of drug-likeness (QED) is 0.893. The highest BCUT2D eigenvalue weighted by molar-refractivity contribution is 5.60. The van der Waals surface area contributed by atoms with E-state index in [1.807, 2.05) is 0 Å². The van der Waals surface area contributed by atoms with Gasteiger partial charge in [0.2, 0.25) is 0 Å². The fraction of sp³-hybridized carbons (Fsp3) is 0.750. The molecule has 4 nitrogen and oxygen atoms in total. The van der Waals surface area contributed by atoms with Crippen molar-refractivity contribution in [3.8, 4) is 0 Å². The number of hydrogen-bond acceptors (Lipinski definition) is 4. The molecule has 1 aliphatic heterocycles. The van der Waals surface area contributed by atoms with E-state index in [9.17, 15) is 0 Å². The first kappa shape index (κ1) is 15.1. The van der Waals surface area contributed by atoms with E-state index in [2.05, 4.69) is 49.8 Å². The van der Waals surface area contributed by atoms with Crippen LogP contribution in [0.15, 0.2) is 0 Å². The summed E-state index contributed by atoms with van der Waals surface area (Å²) in [6.07, 6.45) is 4.61. The predicted octanol–water partition coefficient (Wildman–Crippen LogP) is 3.55. The summed E-state index contributed by atoms with van der Waals surface area (Å²) in [5, 5.41) is 3.38. The maximum Gasteiger partial charge on any atom is 0.137 e. The van der Waals surface area contributed by atoms with E-state index in [1.165, 1.54) is 24.8 Å². The molecule has 2 unspecified atom stereocenters. The summed E-state index contributed by atoms with van der Waals surface area (Å²) in [7, 11) is 0. The van der Waals surface area contributed by atoms with Crippen LogP contribution in [0.25, 0.3) is 0 Å². The van der Waals surface area contributed by atoms with Crippen LogP contribution in [0, 0.1) is 6.92 Å². The summed E-state index contributed by atoms with van der Waals surface area (Å²) in [6, 6.07) is 1.20. The first-order valence-corrected chi connectivity index (χ1v) is 8.01. The third-order valence-corrected chi connectivity index (χ3v) is 4.33. The molecule has 0 aliphatic carbocycles. The fourth-order valence-corrected chi connectivity index (χ4v) is 3.15. The zero-order valence-electron chi connectivity index (χ0n) is 13.5. The average molecular weight is 276 g/mol. The molecule has 1 saturated heterocycles. The van der Waals surface area contributed by atoms with Crippen LogP contribution in [0.2, 0.25) is 0 Å². The zero-order chi connectivity index (χ0) is 14.7. The largest absolute Gasteiger partial charge is 0.370 e. The van der Waals surface area contributed by atoms with Crippen molar-refractivity contribution in [1.82, 2.24) is 9.97 Å². The lowest BCUT2D eigenvalue weighted by atomic mass is 10.1. The molecule has 0 radical (unpaired) electrons. The van der Waals surface area contributed by atoms with Crippen LogP contribution in [0.1, 0.15) is 58.3 Å². The third kappa shape index (κ3) is 2.74. The fourth-order valence-electron chi connectivity index (χ4n) is 3.15. The van der Waals surface area contributed by atoms with Gasteiger partial charge in [-0.3, -0.25) is 0 Å². The number of anilines is 2. The van der Waals surface area contributed by atoms with Gasteiger partial charge in [0, 0.05) is 30.6 Å². The number of rotatable bonds is 5. The minimum atomic E-state index is 0.577. The van der Waals surface area contributed by atoms with Gasteiger partial charge in [0.05, 0.1) is 0 Å². The lowest BCUT2D eigenvalue weighted by Gasteiger charge is -2.31. The summed E-state index contributed by atoms with van der Waals surface area (Å²) >= 11 is 0. The van der Waals surface area contributed by atoms with Gasteiger partial charge in [-0.05, 0) is 40.0 Å². The molecule has 2 atom stereocenters. The summed E-state index contributed by atoms with van der Waals surface area (Å²) in [4.78, 5) is 12.0. The highest BCUT2D eigenvalue weighted by Gasteiger charge is 2.32. The van der Waals surface area contributed by atoms with Gasteiger partial charge in [0.1, 0.15) is 17.5 Å². The standard InChI is InChI=1S/C16H28N4/c1-6-13-10-9-11(4)20(13)16-12(5)15(17-8-3)18-14(7-2)19-16/h11,13H,6-10H2,1-5H3,(H,17,18,19). The molecule has 1 fully saturated rings. The number of nitrogens with one attached hydrogen (secondary N) is 1. The van der Waals surface area contributed by atoms with Gasteiger partial charge in [-0.15, -0.1) is 0 Å². The minimum Gasteiger partial charge on any atom is -0.370 e. The molecule has 0 aromatic carbocycles. The van der Waals surface area contributed by atoms with Gasteiger partial charge in [-0.25, -0.2) is 9.97 Å². The van der Waals surface area contributed by atoms with E-state index in [0.29, 0.717) is 12.1 Å². The zero-order valence-corrected chi connectivity index (χ0v) is 13.5. The first-order valence-electron chi connectivity index (χ1n) is 8.01. The Balaban J connectivity index is 2.46. The van der Waals surface area contributed by atoms with Crippen molar-refractivity contribution < 1.29 is 0 Å². The van der Waals surface area contributed by atoms with Gasteiger partial charge >= 0.3 is 0 Å². The molecule has 1 aromatic heterocycles. The molecular weight excluding hydrogens is 248 g/mol. The van der Waals surface area contributed by atoms with Crippen LogP contribution in [0.3, 0.4) is 0 Å². The Hall–Kier alpha value is -1.32. The Morgan fingerprint density at radius 1 is 1.20 bits per heavy atom. The van der Waals surface area contributed by atoms with Crippen molar-refractivity contribution in [2.24, 2.45) is 0 Å². The van der Waals surface area contributed by atoms with E-state index < -0.39 is 0 Å². The summed E-state index contributed by atoms with van der Waals surface area (Å²) in [5.74, 6) is 3.09. The molecule has 112 valence electrons. The van der Waals surface area contributed by atoms with Gasteiger partial charge < -0.3 is 10.2 Å². The van der Waals surface area contributed by atoms with Gasteiger partial charge in [0.15, 0.2) is 0 Å². The number of aromatic nitrogens is 2. The molecule has 1 N–H and O–H groups in total. The molecule has 1 aromatic rings. The maximum atomic E-state index is 4.84. The van der Waals surface area contributed by atoms with Crippen molar-refractivity contribution in [3.05, 3.63) is 11.4 Å². The van der Waals surface area contributed by atoms with Gasteiger partial charge in [0.25, 0.3) is 0 Å². The Labute approximate surface area is 123 Å². The molecule has 0 spiro atoms. The molecule has 1 aliphatic rings. The van der Waals surface area contributed by atoms with E-state index in [-0.39, 0.29) is 0 Å². The SMILES string of the molecule is CCNc1nc(CC)nc(N2C(C)CCC2CC)c1C. The second kappa shape index (κ2) is 6.42. The average Bonchev–Trinajstić information content (AvgIpc) is 2.82. The summed E-state index contributed by atoms with van der Waals surface area (Å²) < 4.78 is 0. The van der Waals surface area contributed by atoms with Crippen LogP contribution >= 0.6 is 0 Å². The van der Waals surface area contributed by atoms with Crippen LogP contribution in [-0.4, -0.2) is 28.6 Å². The summed E-state index contributed by atoms with van der Waals surface area (Å²) in [5.41, 5.74) is 1.19. The monoisotopic (exact) mass is 276 g/mol. The molecule has 20 heavy (non-hydrogen) atoms. The second-order valence-corrected chi connectivity index (χ2v) is 5.72. The lowest BCUT2D eigenvalue weighted by Crippen LogP contribution is -2.36. The number of hydrogen-bond donors (Lipinski definition) is 1. The molecule has 2 rings (SSSR count). The minimum absolute atomic E-state index is 0.577. The highest BCUT2D eigenvalue weighted by atomic mass is 15.3. The first-order chi connectivity index (χ1) is 9.62. The smallest absolute Gasteiger partial charge is 0.137 e. The Morgan fingerprint density at radius 2 is 1.95 bits per heavy atom. The lowest BCUT2D eigenvalue weighted by molar-refractivity contribution is 0.617. The number of aryl methyl sites for hydroxylation is 1. The second-order valence-electron chi connectivity index (χ2n) is 5.72.